The highest BCUT2D eigenvalue weighted by Crippen LogP contribution is 2.19. The van der Waals surface area contributed by atoms with Gasteiger partial charge in [0.15, 0.2) is 5.01 Å². The third-order valence-corrected chi connectivity index (χ3v) is 3.36. The van der Waals surface area contributed by atoms with Crippen LogP contribution >= 0.6 is 22.7 Å². The quantitative estimate of drug-likeness (QED) is 0.712. The standard InChI is InChI=1S/C9H7NOS2/c1-6-2-3-7(13-6)8(11)9-10-4-5-12-9/h2-5H,1H3. The van der Waals surface area contributed by atoms with Gasteiger partial charge in [-0.25, -0.2) is 4.98 Å². The lowest BCUT2D eigenvalue weighted by atomic mass is 10.3. The number of nitrogens with zero attached hydrogens (tertiary/aromatic N) is 1. The zero-order chi connectivity index (χ0) is 9.26. The lowest BCUT2D eigenvalue weighted by Crippen LogP contribution is -1.96. The van der Waals surface area contributed by atoms with Gasteiger partial charge < -0.3 is 0 Å². The lowest BCUT2D eigenvalue weighted by Gasteiger charge is -1.89. The molecule has 0 aliphatic carbocycles. The number of carbonyl (C=O) groups excluding carboxylic acids is 1. The predicted octanol–water partition coefficient (Wildman–Crippen LogP) is 2.74. The second kappa shape index (κ2) is 3.40. The molecular weight excluding hydrogens is 202 g/mol. The fourth-order valence-corrected chi connectivity index (χ4v) is 2.46. The van der Waals surface area contributed by atoms with Crippen LogP contribution in [0.4, 0.5) is 0 Å². The number of aryl methyl sites for hydroxylation is 1. The van der Waals surface area contributed by atoms with Gasteiger partial charge in [-0.05, 0) is 19.1 Å². The Kier molecular flexibility index (Phi) is 2.24. The number of thiophene rings is 1. The van der Waals surface area contributed by atoms with Crippen LogP contribution in [0.2, 0.25) is 0 Å². The Hall–Kier alpha value is -1.00. The largest absolute Gasteiger partial charge is 0.285 e. The minimum Gasteiger partial charge on any atom is -0.285 e. The first-order valence-electron chi connectivity index (χ1n) is 3.78. The number of aromatic nitrogens is 1. The van der Waals surface area contributed by atoms with E-state index in [-0.39, 0.29) is 5.78 Å². The molecule has 0 unspecified atom stereocenters. The van der Waals surface area contributed by atoms with Crippen molar-refractivity contribution < 1.29 is 4.79 Å². The highest BCUT2D eigenvalue weighted by atomic mass is 32.1. The lowest BCUT2D eigenvalue weighted by molar-refractivity contribution is 0.104. The summed E-state index contributed by atoms with van der Waals surface area (Å²) in [7, 11) is 0. The summed E-state index contributed by atoms with van der Waals surface area (Å²) in [5, 5.41) is 2.38. The first kappa shape index (κ1) is 8.59. The number of rotatable bonds is 2. The highest BCUT2D eigenvalue weighted by Gasteiger charge is 2.12. The second-order valence-corrected chi connectivity index (χ2v) is 4.76. The van der Waals surface area contributed by atoms with Gasteiger partial charge in [0.1, 0.15) is 0 Å². The van der Waals surface area contributed by atoms with Crippen LogP contribution in [0.5, 0.6) is 0 Å². The Labute approximate surface area is 83.9 Å². The van der Waals surface area contributed by atoms with Crippen LogP contribution < -0.4 is 0 Å². The van der Waals surface area contributed by atoms with Gasteiger partial charge in [-0.15, -0.1) is 22.7 Å². The fourth-order valence-electron chi connectivity index (χ4n) is 0.998. The monoisotopic (exact) mass is 209 g/mol. The molecule has 0 bridgehead atoms. The number of hydrogen-bond acceptors (Lipinski definition) is 4. The Morgan fingerprint density at radius 2 is 2.31 bits per heavy atom. The van der Waals surface area contributed by atoms with Gasteiger partial charge in [-0.1, -0.05) is 0 Å². The Morgan fingerprint density at radius 3 is 2.85 bits per heavy atom. The Bertz CT molecular complexity index is 417. The summed E-state index contributed by atoms with van der Waals surface area (Å²) < 4.78 is 0. The minimum atomic E-state index is 0.0353. The summed E-state index contributed by atoms with van der Waals surface area (Å²) in [5.74, 6) is 0.0353. The molecule has 0 N–H and O–H groups in total. The normalized spacial score (nSPS) is 10.2. The summed E-state index contributed by atoms with van der Waals surface area (Å²) in [5.41, 5.74) is 0. The molecule has 4 heteroatoms. The van der Waals surface area contributed by atoms with E-state index in [2.05, 4.69) is 4.98 Å². The van der Waals surface area contributed by atoms with Crippen LogP contribution in [0.25, 0.3) is 0 Å². The van der Waals surface area contributed by atoms with Crippen molar-refractivity contribution in [2.45, 2.75) is 6.92 Å². The van der Waals surface area contributed by atoms with Gasteiger partial charge in [0, 0.05) is 16.5 Å². The van der Waals surface area contributed by atoms with Crippen molar-refractivity contribution in [3.63, 3.8) is 0 Å². The Morgan fingerprint density at radius 1 is 1.46 bits per heavy atom. The van der Waals surface area contributed by atoms with E-state index in [9.17, 15) is 4.79 Å². The third kappa shape index (κ3) is 1.68. The van der Waals surface area contributed by atoms with Crippen molar-refractivity contribution in [2.24, 2.45) is 0 Å². The molecule has 0 saturated heterocycles. The van der Waals surface area contributed by atoms with Crippen LogP contribution in [-0.2, 0) is 0 Å². The Balaban J connectivity index is 2.33. The zero-order valence-corrected chi connectivity index (χ0v) is 8.61. The first-order chi connectivity index (χ1) is 6.27. The van der Waals surface area contributed by atoms with Crippen LogP contribution in [0.3, 0.4) is 0 Å². The van der Waals surface area contributed by atoms with Crippen LogP contribution in [0, 0.1) is 6.92 Å². The maximum absolute atomic E-state index is 11.7. The molecule has 0 aromatic carbocycles. The SMILES string of the molecule is Cc1ccc(C(=O)c2nccs2)s1. The highest BCUT2D eigenvalue weighted by molar-refractivity contribution is 7.16. The van der Waals surface area contributed by atoms with Crippen molar-refractivity contribution in [2.75, 3.05) is 0 Å². The summed E-state index contributed by atoms with van der Waals surface area (Å²) in [4.78, 5) is 17.6. The van der Waals surface area contributed by atoms with Crippen molar-refractivity contribution in [3.05, 3.63) is 38.5 Å². The topological polar surface area (TPSA) is 30.0 Å². The molecule has 0 saturated carbocycles. The maximum Gasteiger partial charge on any atom is 0.231 e. The average Bonchev–Trinajstić information content (AvgIpc) is 2.72. The van der Waals surface area contributed by atoms with E-state index in [1.165, 1.54) is 22.7 Å². The van der Waals surface area contributed by atoms with Crippen molar-refractivity contribution in [3.8, 4) is 0 Å². The maximum atomic E-state index is 11.7. The third-order valence-electron chi connectivity index (χ3n) is 1.59. The van der Waals surface area contributed by atoms with Crippen LogP contribution in [0.1, 0.15) is 19.6 Å². The van der Waals surface area contributed by atoms with Crippen molar-refractivity contribution in [1.29, 1.82) is 0 Å². The smallest absolute Gasteiger partial charge is 0.231 e. The van der Waals surface area contributed by atoms with Crippen LogP contribution in [-0.4, -0.2) is 10.8 Å². The number of thiazole rings is 1. The molecule has 0 fully saturated rings. The molecule has 0 spiro atoms. The molecule has 2 aromatic rings. The number of ketones is 1. The second-order valence-electron chi connectivity index (χ2n) is 2.58. The summed E-state index contributed by atoms with van der Waals surface area (Å²) in [6.45, 7) is 1.99. The molecule has 2 rings (SSSR count). The molecule has 66 valence electrons. The molecule has 2 nitrogen and oxygen atoms in total. The van der Waals surface area contributed by atoms with Crippen LogP contribution in [0.15, 0.2) is 23.7 Å². The molecular formula is C9H7NOS2. The molecule has 0 radical (unpaired) electrons. The van der Waals surface area contributed by atoms with Crippen molar-refractivity contribution >= 4 is 28.5 Å². The zero-order valence-electron chi connectivity index (χ0n) is 6.98. The molecule has 0 atom stereocenters. The van der Waals surface area contributed by atoms with E-state index in [0.717, 1.165) is 9.75 Å². The molecule has 2 aromatic heterocycles. The molecule has 0 aliphatic heterocycles. The van der Waals surface area contributed by atoms with E-state index in [4.69, 9.17) is 0 Å². The van der Waals surface area contributed by atoms with E-state index < -0.39 is 0 Å². The van der Waals surface area contributed by atoms with E-state index in [1.807, 2.05) is 24.4 Å². The van der Waals surface area contributed by atoms with E-state index in [1.54, 1.807) is 6.20 Å². The summed E-state index contributed by atoms with van der Waals surface area (Å²) >= 11 is 2.89. The van der Waals surface area contributed by atoms with Gasteiger partial charge >= 0.3 is 0 Å². The fraction of sp³-hybridized carbons (Fsp3) is 0.111. The summed E-state index contributed by atoms with van der Waals surface area (Å²) in [6, 6.07) is 3.80. The van der Waals surface area contributed by atoms with Gasteiger partial charge in [-0.2, -0.15) is 0 Å². The number of carbonyl (C=O) groups is 1. The molecule has 0 aliphatic rings. The van der Waals surface area contributed by atoms with Gasteiger partial charge in [0.25, 0.3) is 0 Å². The van der Waals surface area contributed by atoms with Crippen molar-refractivity contribution in [1.82, 2.24) is 4.98 Å². The van der Waals surface area contributed by atoms with Gasteiger partial charge in [0.2, 0.25) is 5.78 Å². The molecule has 13 heavy (non-hydrogen) atoms. The number of hydrogen-bond donors (Lipinski definition) is 0. The summed E-state index contributed by atoms with van der Waals surface area (Å²) in [6.07, 6.45) is 1.65. The van der Waals surface area contributed by atoms with E-state index in [0.29, 0.717) is 5.01 Å². The average molecular weight is 209 g/mol. The van der Waals surface area contributed by atoms with Gasteiger partial charge in [0.05, 0.1) is 4.88 Å². The minimum absolute atomic E-state index is 0.0353. The molecule has 2 heterocycles. The first-order valence-corrected chi connectivity index (χ1v) is 5.47. The molecule has 0 amide bonds. The van der Waals surface area contributed by atoms with E-state index >= 15 is 0 Å². The predicted molar refractivity (Wildman–Crippen MR) is 54.6 cm³/mol. The van der Waals surface area contributed by atoms with Gasteiger partial charge in [-0.3, -0.25) is 4.79 Å².